The van der Waals surface area contributed by atoms with Gasteiger partial charge in [-0.3, -0.25) is 0 Å². The van der Waals surface area contributed by atoms with E-state index in [1.165, 1.54) is 48.5 Å². The maximum Gasteiger partial charge on any atom is 0.126 e. The molecule has 0 nitrogen and oxygen atoms in total. The molecule has 53 heavy (non-hydrogen) atoms. The molecule has 0 bridgehead atoms. The molecule has 0 aliphatic heterocycles. The lowest BCUT2D eigenvalue weighted by atomic mass is 10.3. The Bertz CT molecular complexity index is 1820. The molecule has 0 heterocycles. The molecule has 6 aromatic rings. The Morgan fingerprint density at radius 1 is 0.302 bits per heavy atom. The van der Waals surface area contributed by atoms with E-state index < -0.39 is 78.2 Å². The van der Waals surface area contributed by atoms with Crippen LogP contribution in [-0.2, 0) is 0 Å². The topological polar surface area (TPSA) is 0 Å². The van der Waals surface area contributed by atoms with Crippen molar-refractivity contribution in [3.63, 3.8) is 0 Å². The summed E-state index contributed by atoms with van der Waals surface area (Å²) in [6.07, 6.45) is 1.97. The standard InChI is InChI=1S/C41H32F8P4/c42-28-14-29(43)19-38(18-28)52(39-20-30(44)15-31(45)21-39)26-50(36-8-3-1-4-9-36)12-7-13-51(37-10-5-2-6-11-37)27-53(40-22-32(46)16-33(47)23-40)41-24-34(48)17-35(49)25-41/h1-6,8-11,14-25H,7,12-13,26-27H2. The van der Waals surface area contributed by atoms with Crippen LogP contribution in [0.25, 0.3) is 0 Å². The lowest BCUT2D eigenvalue weighted by Gasteiger charge is -2.28. The zero-order valence-corrected chi connectivity index (χ0v) is 31.6. The maximum absolute atomic E-state index is 14.6. The van der Waals surface area contributed by atoms with E-state index in [0.717, 1.165) is 34.9 Å². The van der Waals surface area contributed by atoms with Gasteiger partial charge in [-0.05, 0) is 115 Å². The van der Waals surface area contributed by atoms with Gasteiger partial charge < -0.3 is 0 Å². The van der Waals surface area contributed by atoms with Gasteiger partial charge in [-0.25, -0.2) is 35.1 Å². The molecule has 0 aromatic heterocycles. The van der Waals surface area contributed by atoms with Gasteiger partial charge in [0.1, 0.15) is 46.5 Å². The molecule has 0 amide bonds. The Hall–Kier alpha value is -3.52. The van der Waals surface area contributed by atoms with Crippen LogP contribution in [0.1, 0.15) is 6.42 Å². The molecule has 0 saturated carbocycles. The van der Waals surface area contributed by atoms with Crippen LogP contribution in [0, 0.1) is 46.5 Å². The third-order valence-electron chi connectivity index (χ3n) is 8.36. The van der Waals surface area contributed by atoms with Gasteiger partial charge in [-0.2, -0.15) is 0 Å². The molecule has 12 heteroatoms. The SMILES string of the molecule is Fc1cc(F)cc(P(CP(CCCP(CP(c2cc(F)cc(F)c2)c2cc(F)cc(F)c2)c2ccccc2)c2ccccc2)c2cc(F)cc(F)c2)c1. The van der Waals surface area contributed by atoms with E-state index in [4.69, 9.17) is 0 Å². The van der Waals surface area contributed by atoms with Crippen molar-refractivity contribution >= 4 is 63.5 Å². The highest BCUT2D eigenvalue weighted by Crippen LogP contribution is 2.53. The first-order valence-corrected chi connectivity index (χ1v) is 23.0. The molecule has 0 aliphatic carbocycles. The predicted molar refractivity (Wildman–Crippen MR) is 208 cm³/mol. The first-order chi connectivity index (χ1) is 25.5. The predicted octanol–water partition coefficient (Wildman–Crippen LogP) is 10.3. The van der Waals surface area contributed by atoms with E-state index in [-0.39, 0.29) is 0 Å². The number of rotatable bonds is 14. The normalized spacial score (nSPS) is 12.7. The van der Waals surface area contributed by atoms with E-state index in [1.807, 2.05) is 60.7 Å². The van der Waals surface area contributed by atoms with Crippen LogP contribution in [0.4, 0.5) is 35.1 Å². The zero-order chi connectivity index (χ0) is 37.5. The smallest absolute Gasteiger partial charge is 0.126 e. The quantitative estimate of drug-likeness (QED) is 0.0761. The highest BCUT2D eigenvalue weighted by molar-refractivity contribution is 7.86. The van der Waals surface area contributed by atoms with Crippen molar-refractivity contribution in [3.05, 3.63) is 180 Å². The average Bonchev–Trinajstić information content (AvgIpc) is 3.10. The Balaban J connectivity index is 1.33. The Morgan fingerprint density at radius 3 is 0.792 bits per heavy atom. The third kappa shape index (κ3) is 10.8. The van der Waals surface area contributed by atoms with Crippen LogP contribution < -0.4 is 31.8 Å². The summed E-state index contributed by atoms with van der Waals surface area (Å²) < 4.78 is 116. The molecule has 2 atom stereocenters. The van der Waals surface area contributed by atoms with Crippen LogP contribution in [0.2, 0.25) is 0 Å². The van der Waals surface area contributed by atoms with E-state index in [2.05, 4.69) is 0 Å². The molecule has 0 fully saturated rings. The van der Waals surface area contributed by atoms with Crippen LogP contribution in [-0.4, -0.2) is 24.1 Å². The third-order valence-corrected chi connectivity index (χ3v) is 20.6. The average molecular weight is 801 g/mol. The Labute approximate surface area is 308 Å². The van der Waals surface area contributed by atoms with Crippen molar-refractivity contribution in [2.24, 2.45) is 0 Å². The molecule has 0 aliphatic rings. The van der Waals surface area contributed by atoms with E-state index in [9.17, 15) is 35.1 Å². The summed E-state index contributed by atoms with van der Waals surface area (Å²) in [6, 6.07) is 32.1. The van der Waals surface area contributed by atoms with Crippen molar-refractivity contribution in [1.82, 2.24) is 0 Å². The Kier molecular flexibility index (Phi) is 13.5. The lowest BCUT2D eigenvalue weighted by molar-refractivity contribution is 0.584. The molecule has 272 valence electrons. The van der Waals surface area contributed by atoms with Gasteiger partial charge in [0.2, 0.25) is 0 Å². The summed E-state index contributed by atoms with van der Waals surface area (Å²) in [7, 11) is -5.31. The number of hydrogen-bond acceptors (Lipinski definition) is 0. The molecule has 2 unspecified atom stereocenters. The second-order valence-corrected chi connectivity index (χ2v) is 22.3. The zero-order valence-electron chi connectivity index (χ0n) is 28.0. The monoisotopic (exact) mass is 800 g/mol. The van der Waals surface area contributed by atoms with Crippen LogP contribution in [0.3, 0.4) is 0 Å². The van der Waals surface area contributed by atoms with Gasteiger partial charge >= 0.3 is 0 Å². The van der Waals surface area contributed by atoms with E-state index in [0.29, 0.717) is 51.8 Å². The van der Waals surface area contributed by atoms with Crippen LogP contribution >= 0.6 is 31.7 Å². The van der Waals surface area contributed by atoms with Crippen molar-refractivity contribution < 1.29 is 35.1 Å². The largest absolute Gasteiger partial charge is 0.207 e. The van der Waals surface area contributed by atoms with E-state index in [1.54, 1.807) is 0 Å². The molecule has 0 N–H and O–H groups in total. The van der Waals surface area contributed by atoms with Crippen molar-refractivity contribution in [1.29, 1.82) is 0 Å². The number of benzene rings is 6. The highest BCUT2D eigenvalue weighted by Gasteiger charge is 2.26. The second-order valence-electron chi connectivity index (χ2n) is 12.2. The minimum atomic E-state index is -1.61. The van der Waals surface area contributed by atoms with Gasteiger partial charge in [-0.1, -0.05) is 76.5 Å². The Morgan fingerprint density at radius 2 is 0.547 bits per heavy atom. The van der Waals surface area contributed by atoms with Crippen molar-refractivity contribution in [2.45, 2.75) is 6.42 Å². The molecular formula is C41H32F8P4. The molecule has 0 saturated heterocycles. The van der Waals surface area contributed by atoms with Gasteiger partial charge in [0.05, 0.1) is 0 Å². The van der Waals surface area contributed by atoms with E-state index >= 15 is 0 Å². The summed E-state index contributed by atoms with van der Waals surface area (Å²) in [4.78, 5) is 0. The first-order valence-electron chi connectivity index (χ1n) is 16.5. The fraction of sp³-hybridized carbons (Fsp3) is 0.122. The van der Waals surface area contributed by atoms with Crippen LogP contribution in [0.15, 0.2) is 133 Å². The summed E-state index contributed by atoms with van der Waals surface area (Å²) in [5.74, 6) is -5.45. The maximum atomic E-state index is 14.6. The summed E-state index contributed by atoms with van der Waals surface area (Å²) in [6.45, 7) is 0. The van der Waals surface area contributed by atoms with Crippen molar-refractivity contribution in [2.75, 3.05) is 24.1 Å². The molecule has 6 aromatic carbocycles. The van der Waals surface area contributed by atoms with Gasteiger partial charge in [0.25, 0.3) is 0 Å². The van der Waals surface area contributed by atoms with Gasteiger partial charge in [-0.15, -0.1) is 0 Å². The second kappa shape index (κ2) is 18.2. The minimum absolute atomic E-state index is 0.327. The molecule has 6 rings (SSSR count). The van der Waals surface area contributed by atoms with Crippen LogP contribution in [0.5, 0.6) is 0 Å². The molecular weight excluding hydrogens is 768 g/mol. The summed E-state index contributed by atoms with van der Waals surface area (Å²) in [5.41, 5.74) is 0. The number of halogens is 8. The fourth-order valence-electron chi connectivity index (χ4n) is 6.04. The molecule has 0 radical (unpaired) electrons. The summed E-state index contributed by atoms with van der Waals surface area (Å²) >= 11 is 0. The highest BCUT2D eigenvalue weighted by atomic mass is 31.2. The first kappa shape index (κ1) is 39.2. The summed E-state index contributed by atoms with van der Waals surface area (Å²) in [5, 5.41) is 3.34. The lowest BCUT2D eigenvalue weighted by Crippen LogP contribution is -2.20. The minimum Gasteiger partial charge on any atom is -0.207 e. The fourth-order valence-corrected chi connectivity index (χ4v) is 19.7. The van der Waals surface area contributed by atoms with Crippen molar-refractivity contribution in [3.8, 4) is 0 Å². The molecule has 0 spiro atoms. The number of hydrogen-bond donors (Lipinski definition) is 0. The van der Waals surface area contributed by atoms with Gasteiger partial charge in [0, 0.05) is 36.1 Å². The van der Waals surface area contributed by atoms with Gasteiger partial charge in [0.15, 0.2) is 0 Å².